The predicted octanol–water partition coefficient (Wildman–Crippen LogP) is 4.41. The Bertz CT molecular complexity index is 1610. The van der Waals surface area contributed by atoms with E-state index in [-0.39, 0.29) is 46.8 Å². The van der Waals surface area contributed by atoms with E-state index in [9.17, 15) is 28.4 Å². The molecule has 2 aliphatic rings. The first kappa shape index (κ1) is 30.3. The molecule has 226 valence electrons. The quantitative estimate of drug-likeness (QED) is 0.230. The van der Waals surface area contributed by atoms with E-state index >= 15 is 0 Å². The van der Waals surface area contributed by atoms with Gasteiger partial charge in [-0.15, -0.1) is 0 Å². The van der Waals surface area contributed by atoms with Gasteiger partial charge in [-0.1, -0.05) is 18.2 Å². The summed E-state index contributed by atoms with van der Waals surface area (Å²) < 4.78 is 24.1. The van der Waals surface area contributed by atoms with Crippen LogP contribution in [0.2, 0.25) is 0 Å². The normalized spacial score (nSPS) is 16.0. The number of nitrogens with zero attached hydrogens (tertiary/aromatic N) is 2. The molecule has 0 unspecified atom stereocenters. The van der Waals surface area contributed by atoms with Crippen molar-refractivity contribution in [2.24, 2.45) is 5.92 Å². The summed E-state index contributed by atoms with van der Waals surface area (Å²) in [5, 5.41) is 2.52. The fraction of sp³-hybridized carbons (Fsp3) is 0.242. The lowest BCUT2D eigenvalue weighted by molar-refractivity contribution is -0.131. The van der Waals surface area contributed by atoms with E-state index in [1.54, 1.807) is 29.2 Å². The second kappa shape index (κ2) is 13.4. The lowest BCUT2D eigenvalue weighted by atomic mass is 9.89. The van der Waals surface area contributed by atoms with Gasteiger partial charge >= 0.3 is 11.9 Å². The molecule has 1 N–H and O–H groups in total. The smallest absolute Gasteiger partial charge is 0.336 e. The van der Waals surface area contributed by atoms with E-state index < -0.39 is 23.8 Å². The Morgan fingerprint density at radius 2 is 1.57 bits per heavy atom. The molecule has 1 saturated heterocycles. The van der Waals surface area contributed by atoms with Gasteiger partial charge in [0.2, 0.25) is 5.91 Å². The molecule has 5 rings (SSSR count). The zero-order chi connectivity index (χ0) is 31.2. The van der Waals surface area contributed by atoms with Crippen molar-refractivity contribution in [1.82, 2.24) is 4.90 Å². The summed E-state index contributed by atoms with van der Waals surface area (Å²) in [6.07, 6.45) is 3.03. The van der Waals surface area contributed by atoms with Crippen LogP contribution in [-0.4, -0.2) is 60.6 Å². The molecule has 2 amide bonds. The summed E-state index contributed by atoms with van der Waals surface area (Å²) >= 11 is 0. The summed E-state index contributed by atoms with van der Waals surface area (Å²) in [6, 6.07) is 17.3. The number of halogens is 1. The number of amides is 2. The van der Waals surface area contributed by atoms with Crippen LogP contribution in [0.1, 0.15) is 40.5 Å². The van der Waals surface area contributed by atoms with Crippen molar-refractivity contribution in [3.63, 3.8) is 0 Å². The van der Waals surface area contributed by atoms with Crippen LogP contribution in [0.15, 0.2) is 78.9 Å². The molecule has 11 heteroatoms. The Kier molecular flexibility index (Phi) is 9.25. The van der Waals surface area contributed by atoms with Gasteiger partial charge in [-0.25, -0.2) is 14.0 Å². The first-order valence-electron chi connectivity index (χ1n) is 14.1. The SMILES string of the molecule is CC(=O)Nc1c2ccc(C(=O)N(CCN3CCC(C(=O)c4ccc(F)cc4)CC3)c3ccccc3)c1OC(=O)/C=C/C(=O)O2. The highest BCUT2D eigenvalue weighted by Gasteiger charge is 2.30. The first-order chi connectivity index (χ1) is 21.2. The van der Waals surface area contributed by atoms with E-state index in [2.05, 4.69) is 10.2 Å². The Morgan fingerprint density at radius 1 is 0.909 bits per heavy atom. The highest BCUT2D eigenvalue weighted by molar-refractivity contribution is 6.11. The van der Waals surface area contributed by atoms with Crippen LogP contribution in [0.5, 0.6) is 11.5 Å². The number of carbonyl (C=O) groups is 5. The number of fused-ring (bicyclic) bond motifs is 2. The van der Waals surface area contributed by atoms with Gasteiger partial charge in [0.05, 0.1) is 5.56 Å². The molecule has 0 saturated carbocycles. The third-order valence-electron chi connectivity index (χ3n) is 7.46. The molecule has 3 aromatic rings. The maximum absolute atomic E-state index is 14.2. The molecule has 10 nitrogen and oxygen atoms in total. The number of Topliss-reactive ketones (excluding diaryl/α,β-unsaturated/α-hetero) is 1. The number of likely N-dealkylation sites (tertiary alicyclic amines) is 1. The second-order valence-corrected chi connectivity index (χ2v) is 10.5. The Morgan fingerprint density at radius 3 is 2.23 bits per heavy atom. The van der Waals surface area contributed by atoms with Crippen molar-refractivity contribution in [3.05, 3.63) is 95.8 Å². The molecule has 0 spiro atoms. The number of carbonyl (C=O) groups excluding carboxylic acids is 5. The topological polar surface area (TPSA) is 122 Å². The highest BCUT2D eigenvalue weighted by atomic mass is 19.1. The zero-order valence-corrected chi connectivity index (χ0v) is 24.0. The lowest BCUT2D eigenvalue weighted by Gasteiger charge is -2.33. The van der Waals surface area contributed by atoms with Crippen LogP contribution < -0.4 is 19.7 Å². The molecular weight excluding hydrogens is 569 g/mol. The van der Waals surface area contributed by atoms with E-state index in [0.717, 1.165) is 12.2 Å². The fourth-order valence-corrected chi connectivity index (χ4v) is 5.24. The van der Waals surface area contributed by atoms with Gasteiger partial charge in [-0.2, -0.15) is 0 Å². The van der Waals surface area contributed by atoms with Crippen molar-refractivity contribution in [2.75, 3.05) is 36.4 Å². The summed E-state index contributed by atoms with van der Waals surface area (Å²) in [6.45, 7) is 3.26. The molecule has 0 aromatic heterocycles. The number of para-hydroxylation sites is 1. The van der Waals surface area contributed by atoms with Crippen LogP contribution in [0.3, 0.4) is 0 Å². The molecule has 0 radical (unpaired) electrons. The van der Waals surface area contributed by atoms with Gasteiger partial charge in [-0.05, 0) is 74.5 Å². The molecular formula is C33H30FN3O7. The summed E-state index contributed by atoms with van der Waals surface area (Å²) in [5.41, 5.74) is 0.948. The summed E-state index contributed by atoms with van der Waals surface area (Å²) in [5.74, 6) is -3.70. The van der Waals surface area contributed by atoms with Gasteiger partial charge in [-0.3, -0.25) is 14.4 Å². The predicted molar refractivity (Wildman–Crippen MR) is 159 cm³/mol. The minimum atomic E-state index is -0.925. The summed E-state index contributed by atoms with van der Waals surface area (Å²) in [7, 11) is 0. The summed E-state index contributed by atoms with van der Waals surface area (Å²) in [4.78, 5) is 67.4. The molecule has 0 aliphatic carbocycles. The Hall–Kier alpha value is -5.16. The molecule has 3 aromatic carbocycles. The molecule has 2 aliphatic heterocycles. The molecule has 2 bridgehead atoms. The van der Waals surface area contributed by atoms with Crippen molar-refractivity contribution >= 4 is 40.9 Å². The van der Waals surface area contributed by atoms with Gasteiger partial charge < -0.3 is 24.6 Å². The minimum Gasteiger partial charge on any atom is -0.421 e. The molecule has 44 heavy (non-hydrogen) atoms. The fourth-order valence-electron chi connectivity index (χ4n) is 5.24. The van der Waals surface area contributed by atoms with E-state index in [4.69, 9.17) is 9.47 Å². The van der Waals surface area contributed by atoms with Gasteiger partial charge in [0, 0.05) is 49.3 Å². The zero-order valence-electron chi connectivity index (χ0n) is 24.0. The van der Waals surface area contributed by atoms with Gasteiger partial charge in [0.1, 0.15) is 11.5 Å². The Balaban J connectivity index is 1.37. The van der Waals surface area contributed by atoms with Crippen LogP contribution in [0, 0.1) is 11.7 Å². The number of benzene rings is 3. The van der Waals surface area contributed by atoms with Gasteiger partial charge in [0.15, 0.2) is 17.3 Å². The van der Waals surface area contributed by atoms with E-state index in [1.165, 1.54) is 43.3 Å². The van der Waals surface area contributed by atoms with Crippen LogP contribution in [0.25, 0.3) is 0 Å². The van der Waals surface area contributed by atoms with Crippen molar-refractivity contribution in [2.45, 2.75) is 19.8 Å². The third kappa shape index (κ3) is 7.07. The number of nitrogens with one attached hydrogen (secondary N) is 1. The van der Waals surface area contributed by atoms with Gasteiger partial charge in [0.25, 0.3) is 5.91 Å². The van der Waals surface area contributed by atoms with Crippen LogP contribution in [0.4, 0.5) is 15.8 Å². The van der Waals surface area contributed by atoms with Crippen molar-refractivity contribution < 1.29 is 37.8 Å². The van der Waals surface area contributed by atoms with Crippen molar-refractivity contribution in [1.29, 1.82) is 0 Å². The number of anilines is 2. The van der Waals surface area contributed by atoms with Crippen molar-refractivity contribution in [3.8, 4) is 11.5 Å². The van der Waals surface area contributed by atoms with E-state index in [1.807, 2.05) is 6.07 Å². The number of ketones is 1. The monoisotopic (exact) mass is 599 g/mol. The molecule has 2 heterocycles. The third-order valence-corrected chi connectivity index (χ3v) is 7.46. The van der Waals surface area contributed by atoms with Crippen LogP contribution in [-0.2, 0) is 14.4 Å². The highest BCUT2D eigenvalue weighted by Crippen LogP contribution is 2.40. The number of piperidine rings is 1. The average Bonchev–Trinajstić information content (AvgIpc) is 3.05. The number of hydrogen-bond acceptors (Lipinski definition) is 8. The second-order valence-electron chi connectivity index (χ2n) is 10.5. The van der Waals surface area contributed by atoms with Crippen LogP contribution >= 0.6 is 0 Å². The molecule has 1 fully saturated rings. The lowest BCUT2D eigenvalue weighted by Crippen LogP contribution is -2.43. The first-order valence-corrected chi connectivity index (χ1v) is 14.1. The minimum absolute atomic E-state index is 0.00396. The number of ether oxygens (including phenoxy) is 2. The molecule has 0 atom stereocenters. The largest absolute Gasteiger partial charge is 0.421 e. The maximum Gasteiger partial charge on any atom is 0.336 e. The number of esters is 2. The standard InChI is InChI=1S/C33H30FN3O7/c1-21(38)35-30-27-12-11-26(32(30)44-29(40)14-13-28(39)43-27)33(42)37(25-5-3-2-4-6-25)20-19-36-17-15-23(16-18-36)31(41)22-7-9-24(34)10-8-22/h2-14,23H,15-20H2,1H3,(H,35,38)/b14-13+. The van der Waals surface area contributed by atoms with E-state index in [0.29, 0.717) is 43.7 Å². The number of hydrogen-bond donors (Lipinski definition) is 1. The Labute approximate surface area is 253 Å². The average molecular weight is 600 g/mol. The number of rotatable bonds is 8. The maximum atomic E-state index is 14.2.